The molecule has 31 heavy (non-hydrogen) atoms. The molecule has 3 aromatic rings. The lowest BCUT2D eigenvalue weighted by molar-refractivity contribution is -0.141. The summed E-state index contributed by atoms with van der Waals surface area (Å²) in [5.74, 6) is -0.685. The molecule has 0 N–H and O–H groups in total. The van der Waals surface area contributed by atoms with Gasteiger partial charge in [0.05, 0.1) is 0 Å². The number of likely N-dealkylation sites (N-methyl/N-ethyl adjacent to an activating group) is 1. The van der Waals surface area contributed by atoms with E-state index in [1.165, 1.54) is 22.8 Å². The first-order valence-corrected chi connectivity index (χ1v) is 9.17. The molecule has 0 aliphatic carbocycles. The van der Waals surface area contributed by atoms with Gasteiger partial charge < -0.3 is 14.4 Å². The third kappa shape index (κ3) is 4.44. The SMILES string of the molecule is CN1CCn2c1cc(OCc1ccc(Oc3cccc(C(F)(F)F)n3)c(F)c1)nc2=O. The summed E-state index contributed by atoms with van der Waals surface area (Å²) in [5, 5.41) is 0. The largest absolute Gasteiger partial charge is 0.473 e. The molecule has 0 spiro atoms. The van der Waals surface area contributed by atoms with Gasteiger partial charge in [-0.1, -0.05) is 12.1 Å². The van der Waals surface area contributed by atoms with Crippen LogP contribution >= 0.6 is 0 Å². The Morgan fingerprint density at radius 1 is 1.06 bits per heavy atom. The van der Waals surface area contributed by atoms with Crippen LogP contribution in [0.2, 0.25) is 0 Å². The summed E-state index contributed by atoms with van der Waals surface area (Å²) in [6, 6.07) is 8.60. The van der Waals surface area contributed by atoms with Crippen LogP contribution in [0, 0.1) is 5.82 Å². The van der Waals surface area contributed by atoms with E-state index in [-0.39, 0.29) is 24.1 Å². The van der Waals surface area contributed by atoms with Gasteiger partial charge in [-0.15, -0.1) is 0 Å². The number of aromatic nitrogens is 3. The predicted octanol–water partition coefficient (Wildman–Crippen LogP) is 3.62. The fraction of sp³-hybridized carbons (Fsp3) is 0.250. The summed E-state index contributed by atoms with van der Waals surface area (Å²) in [6.45, 7) is 1.16. The van der Waals surface area contributed by atoms with Gasteiger partial charge in [-0.05, 0) is 23.8 Å². The van der Waals surface area contributed by atoms with E-state index in [2.05, 4.69) is 9.97 Å². The summed E-state index contributed by atoms with van der Waals surface area (Å²) < 4.78 is 64.8. The van der Waals surface area contributed by atoms with Crippen molar-refractivity contribution in [3.8, 4) is 17.5 Å². The third-order valence-electron chi connectivity index (χ3n) is 4.63. The van der Waals surface area contributed by atoms with E-state index in [0.29, 0.717) is 24.5 Å². The molecule has 0 saturated carbocycles. The van der Waals surface area contributed by atoms with Gasteiger partial charge in [0, 0.05) is 32.3 Å². The van der Waals surface area contributed by atoms with Crippen molar-refractivity contribution >= 4 is 5.82 Å². The second kappa shape index (κ2) is 7.89. The molecule has 3 heterocycles. The van der Waals surface area contributed by atoms with Crippen molar-refractivity contribution in [3.05, 3.63) is 70.0 Å². The first kappa shape index (κ1) is 20.6. The Morgan fingerprint density at radius 2 is 1.87 bits per heavy atom. The third-order valence-corrected chi connectivity index (χ3v) is 4.63. The zero-order valence-corrected chi connectivity index (χ0v) is 16.2. The highest BCUT2D eigenvalue weighted by molar-refractivity contribution is 5.44. The van der Waals surface area contributed by atoms with E-state index in [4.69, 9.17) is 9.47 Å². The Bertz CT molecular complexity index is 1180. The Kier molecular flexibility index (Phi) is 5.25. The van der Waals surface area contributed by atoms with Crippen LogP contribution in [0.15, 0.2) is 47.3 Å². The monoisotopic (exact) mass is 436 g/mol. The van der Waals surface area contributed by atoms with Gasteiger partial charge >= 0.3 is 11.9 Å². The number of hydrogen-bond acceptors (Lipinski definition) is 6. The second-order valence-electron chi connectivity index (χ2n) is 6.82. The number of anilines is 1. The van der Waals surface area contributed by atoms with Gasteiger partial charge in [0.2, 0.25) is 11.8 Å². The zero-order valence-electron chi connectivity index (χ0n) is 16.2. The van der Waals surface area contributed by atoms with Crippen molar-refractivity contribution in [1.82, 2.24) is 14.5 Å². The normalized spacial score (nSPS) is 13.3. The molecule has 0 unspecified atom stereocenters. The maximum absolute atomic E-state index is 14.4. The van der Waals surface area contributed by atoms with Gasteiger partial charge in [0.15, 0.2) is 11.6 Å². The fourth-order valence-electron chi connectivity index (χ4n) is 3.05. The topological polar surface area (TPSA) is 69.5 Å². The van der Waals surface area contributed by atoms with Gasteiger partial charge in [-0.25, -0.2) is 14.2 Å². The van der Waals surface area contributed by atoms with Crippen LogP contribution in [0.4, 0.5) is 23.4 Å². The van der Waals surface area contributed by atoms with Crippen LogP contribution < -0.4 is 20.1 Å². The molecule has 1 aromatic carbocycles. The van der Waals surface area contributed by atoms with Crippen LogP contribution in [-0.2, 0) is 19.3 Å². The van der Waals surface area contributed by atoms with Gasteiger partial charge in [-0.3, -0.25) is 4.57 Å². The minimum Gasteiger partial charge on any atom is -0.473 e. The molecule has 0 amide bonds. The quantitative estimate of drug-likeness (QED) is 0.569. The maximum Gasteiger partial charge on any atom is 0.433 e. The molecule has 0 atom stereocenters. The fourth-order valence-corrected chi connectivity index (χ4v) is 3.05. The second-order valence-corrected chi connectivity index (χ2v) is 6.82. The lowest BCUT2D eigenvalue weighted by atomic mass is 10.2. The number of halogens is 4. The summed E-state index contributed by atoms with van der Waals surface area (Å²) in [4.78, 5) is 21.1. The maximum atomic E-state index is 14.4. The predicted molar refractivity (Wildman–Crippen MR) is 102 cm³/mol. The van der Waals surface area contributed by atoms with Crippen LogP contribution in [0.3, 0.4) is 0 Å². The molecule has 2 aromatic heterocycles. The molecule has 0 radical (unpaired) electrons. The van der Waals surface area contributed by atoms with E-state index in [1.807, 2.05) is 11.9 Å². The van der Waals surface area contributed by atoms with Gasteiger partial charge in [0.1, 0.15) is 18.1 Å². The van der Waals surface area contributed by atoms with E-state index in [1.54, 1.807) is 6.07 Å². The standard InChI is InChI=1S/C20H16F4N4O3/c1-27-7-8-28-18(27)10-17(26-19(28)29)30-11-12-5-6-14(13(21)9-12)31-16-4-2-3-15(25-16)20(22,23)24/h2-6,9-10H,7-8,11H2,1H3. The highest BCUT2D eigenvalue weighted by atomic mass is 19.4. The average molecular weight is 436 g/mol. The molecule has 4 rings (SSSR count). The van der Waals surface area contributed by atoms with Crippen LogP contribution in [0.1, 0.15) is 11.3 Å². The first-order valence-electron chi connectivity index (χ1n) is 9.17. The van der Waals surface area contributed by atoms with E-state index in [0.717, 1.165) is 18.2 Å². The smallest absolute Gasteiger partial charge is 0.433 e. The van der Waals surface area contributed by atoms with Crippen molar-refractivity contribution in [2.45, 2.75) is 19.3 Å². The highest BCUT2D eigenvalue weighted by Crippen LogP contribution is 2.30. The molecule has 1 aliphatic rings. The van der Waals surface area contributed by atoms with Crippen LogP contribution in [-0.4, -0.2) is 28.1 Å². The number of nitrogens with zero attached hydrogens (tertiary/aromatic N) is 4. The molecule has 0 bridgehead atoms. The summed E-state index contributed by atoms with van der Waals surface area (Å²) >= 11 is 0. The highest BCUT2D eigenvalue weighted by Gasteiger charge is 2.32. The number of fused-ring (bicyclic) bond motifs is 1. The lowest BCUT2D eigenvalue weighted by Gasteiger charge is -2.13. The molecule has 11 heteroatoms. The molecular weight excluding hydrogens is 420 g/mol. The average Bonchev–Trinajstić information content (AvgIpc) is 3.09. The molecule has 7 nitrogen and oxygen atoms in total. The number of hydrogen-bond donors (Lipinski definition) is 0. The van der Waals surface area contributed by atoms with Crippen molar-refractivity contribution in [3.63, 3.8) is 0 Å². The molecule has 162 valence electrons. The molecule has 0 fully saturated rings. The Hall–Kier alpha value is -3.63. The minimum absolute atomic E-state index is 0.0708. The van der Waals surface area contributed by atoms with Crippen molar-refractivity contribution in [1.29, 1.82) is 0 Å². The Morgan fingerprint density at radius 3 is 2.61 bits per heavy atom. The summed E-state index contributed by atoms with van der Waals surface area (Å²) in [7, 11) is 1.84. The zero-order chi connectivity index (χ0) is 22.2. The molecule has 0 saturated heterocycles. The molecular formula is C20H16F4N4O3. The Balaban J connectivity index is 1.46. The van der Waals surface area contributed by atoms with Crippen LogP contribution in [0.25, 0.3) is 0 Å². The number of benzene rings is 1. The Labute approximate surface area is 173 Å². The summed E-state index contributed by atoms with van der Waals surface area (Å²) in [5.41, 5.74) is -1.16. The molecule has 1 aliphatic heterocycles. The minimum atomic E-state index is -4.64. The number of pyridine rings is 1. The van der Waals surface area contributed by atoms with Gasteiger partial charge in [-0.2, -0.15) is 18.2 Å². The van der Waals surface area contributed by atoms with Crippen molar-refractivity contribution in [2.24, 2.45) is 0 Å². The van der Waals surface area contributed by atoms with E-state index < -0.39 is 23.4 Å². The number of rotatable bonds is 5. The van der Waals surface area contributed by atoms with E-state index in [9.17, 15) is 22.4 Å². The lowest BCUT2D eigenvalue weighted by Crippen LogP contribution is -2.22. The van der Waals surface area contributed by atoms with Gasteiger partial charge in [0.25, 0.3) is 0 Å². The van der Waals surface area contributed by atoms with E-state index >= 15 is 0 Å². The number of ether oxygens (including phenoxy) is 2. The van der Waals surface area contributed by atoms with Crippen LogP contribution in [0.5, 0.6) is 17.5 Å². The number of alkyl halides is 3. The van der Waals surface area contributed by atoms with Crippen molar-refractivity contribution < 1.29 is 27.0 Å². The van der Waals surface area contributed by atoms with Crippen molar-refractivity contribution in [2.75, 3.05) is 18.5 Å². The first-order chi connectivity index (χ1) is 14.7. The summed E-state index contributed by atoms with van der Waals surface area (Å²) in [6.07, 6.45) is -4.64.